The van der Waals surface area contributed by atoms with E-state index in [-0.39, 0.29) is 0 Å². The van der Waals surface area contributed by atoms with Gasteiger partial charge in [-0.2, -0.15) is 12.6 Å². The highest BCUT2D eigenvalue weighted by molar-refractivity contribution is 7.80. The Kier molecular flexibility index (Phi) is 3.97. The number of aromatic amines is 1. The van der Waals surface area contributed by atoms with Crippen LogP contribution in [0.25, 0.3) is 11.3 Å². The summed E-state index contributed by atoms with van der Waals surface area (Å²) in [6.07, 6.45) is 2.73. The van der Waals surface area contributed by atoms with Crippen LogP contribution in [0.2, 0.25) is 0 Å². The maximum atomic E-state index is 5.37. The molecule has 1 N–H and O–H groups in total. The van der Waals surface area contributed by atoms with E-state index in [1.165, 1.54) is 0 Å². The van der Waals surface area contributed by atoms with E-state index in [1.807, 2.05) is 6.20 Å². The van der Waals surface area contributed by atoms with Crippen molar-refractivity contribution in [3.05, 3.63) is 35.3 Å². The van der Waals surface area contributed by atoms with Crippen molar-refractivity contribution in [1.82, 2.24) is 9.97 Å². The monoisotopic (exact) mass is 262 g/mol. The van der Waals surface area contributed by atoms with Crippen molar-refractivity contribution in [3.63, 3.8) is 0 Å². The van der Waals surface area contributed by atoms with Crippen LogP contribution < -0.4 is 4.74 Å². The molecule has 1 aromatic heterocycles. The largest absolute Gasteiger partial charge is 0.496 e. The Labute approximate surface area is 113 Å². The molecular weight excluding hydrogens is 244 g/mol. The molecule has 4 heteroatoms. The third-order valence-corrected chi connectivity index (χ3v) is 3.18. The Morgan fingerprint density at radius 2 is 1.94 bits per heavy atom. The van der Waals surface area contributed by atoms with Crippen LogP contribution in [0, 0.1) is 13.8 Å². The number of H-pyrrole nitrogens is 1. The predicted octanol–water partition coefficient (Wildman–Crippen LogP) is 3.17. The maximum absolute atomic E-state index is 5.37. The smallest absolute Gasteiger partial charge is 0.124 e. The molecule has 0 aliphatic rings. The standard InChI is InChI=1S/C14H18N2OS/c1-9-6-11(7-10(2)14(9)17-3)12-8-15-13(16-12)4-5-18/h6-8,18H,4-5H2,1-3H3,(H,15,16). The zero-order chi connectivity index (χ0) is 13.1. The summed E-state index contributed by atoms with van der Waals surface area (Å²) in [5.41, 5.74) is 4.46. The summed E-state index contributed by atoms with van der Waals surface area (Å²) in [6.45, 7) is 4.11. The summed E-state index contributed by atoms with van der Waals surface area (Å²) in [5.74, 6) is 2.73. The van der Waals surface area contributed by atoms with Gasteiger partial charge in [0.05, 0.1) is 19.0 Å². The number of aryl methyl sites for hydroxylation is 3. The van der Waals surface area contributed by atoms with E-state index in [4.69, 9.17) is 4.74 Å². The summed E-state index contributed by atoms with van der Waals surface area (Å²) in [5, 5.41) is 0. The van der Waals surface area contributed by atoms with Gasteiger partial charge in [0.2, 0.25) is 0 Å². The molecule has 0 bridgehead atoms. The molecule has 0 radical (unpaired) electrons. The molecule has 0 spiro atoms. The van der Waals surface area contributed by atoms with Crippen LogP contribution in [0.5, 0.6) is 5.75 Å². The first-order valence-corrected chi connectivity index (χ1v) is 6.59. The van der Waals surface area contributed by atoms with Crippen LogP contribution in [0.3, 0.4) is 0 Å². The number of benzene rings is 1. The summed E-state index contributed by atoms with van der Waals surface area (Å²) < 4.78 is 5.37. The lowest BCUT2D eigenvalue weighted by Gasteiger charge is -2.10. The molecule has 0 aliphatic carbocycles. The Morgan fingerprint density at radius 1 is 1.28 bits per heavy atom. The Bertz CT molecular complexity index is 525. The van der Waals surface area contributed by atoms with Gasteiger partial charge in [-0.3, -0.25) is 0 Å². The van der Waals surface area contributed by atoms with Crippen LogP contribution in [0.1, 0.15) is 17.0 Å². The number of methoxy groups -OCH3 is 1. The quantitative estimate of drug-likeness (QED) is 0.831. The van der Waals surface area contributed by atoms with Crippen molar-refractivity contribution < 1.29 is 4.74 Å². The third-order valence-electron chi connectivity index (χ3n) is 2.95. The lowest BCUT2D eigenvalue weighted by atomic mass is 10.0. The van der Waals surface area contributed by atoms with Crippen molar-refractivity contribution in [2.45, 2.75) is 20.3 Å². The first-order chi connectivity index (χ1) is 8.65. The molecule has 3 nitrogen and oxygen atoms in total. The highest BCUT2D eigenvalue weighted by Gasteiger charge is 2.08. The van der Waals surface area contributed by atoms with E-state index in [2.05, 4.69) is 48.6 Å². The molecular formula is C14H18N2OS. The molecule has 2 aromatic rings. The van der Waals surface area contributed by atoms with Crippen molar-refractivity contribution in [3.8, 4) is 17.0 Å². The van der Waals surface area contributed by atoms with Gasteiger partial charge in [-0.25, -0.2) is 4.98 Å². The highest BCUT2D eigenvalue weighted by Crippen LogP contribution is 2.29. The molecule has 0 saturated carbocycles. The van der Waals surface area contributed by atoms with E-state index in [9.17, 15) is 0 Å². The number of nitrogens with one attached hydrogen (secondary N) is 1. The molecule has 0 saturated heterocycles. The molecule has 0 fully saturated rings. The minimum atomic E-state index is 0.799. The Balaban J connectivity index is 2.38. The summed E-state index contributed by atoms with van der Waals surface area (Å²) in [4.78, 5) is 7.67. The van der Waals surface area contributed by atoms with Gasteiger partial charge in [-0.15, -0.1) is 0 Å². The number of imidazole rings is 1. The van der Waals surface area contributed by atoms with Crippen molar-refractivity contribution >= 4 is 12.6 Å². The van der Waals surface area contributed by atoms with Crippen LogP contribution in [-0.2, 0) is 6.42 Å². The van der Waals surface area contributed by atoms with Crippen LogP contribution >= 0.6 is 12.6 Å². The van der Waals surface area contributed by atoms with E-state index >= 15 is 0 Å². The number of aromatic nitrogens is 2. The second-order valence-corrected chi connectivity index (χ2v) is 4.81. The molecule has 96 valence electrons. The molecule has 1 aromatic carbocycles. The zero-order valence-corrected chi connectivity index (χ0v) is 11.8. The van der Waals surface area contributed by atoms with Gasteiger partial charge >= 0.3 is 0 Å². The number of thiol groups is 1. The van der Waals surface area contributed by atoms with Gasteiger partial charge in [-0.05, 0) is 42.9 Å². The van der Waals surface area contributed by atoms with E-state index in [0.717, 1.165) is 46.1 Å². The summed E-state index contributed by atoms with van der Waals surface area (Å²) in [7, 11) is 1.70. The van der Waals surface area contributed by atoms with Gasteiger partial charge in [0.1, 0.15) is 11.6 Å². The number of hydrogen-bond donors (Lipinski definition) is 2. The summed E-state index contributed by atoms with van der Waals surface area (Å²) >= 11 is 4.21. The van der Waals surface area contributed by atoms with Crippen LogP contribution in [-0.4, -0.2) is 22.8 Å². The highest BCUT2D eigenvalue weighted by atomic mass is 32.1. The average molecular weight is 262 g/mol. The van der Waals surface area contributed by atoms with E-state index in [1.54, 1.807) is 7.11 Å². The van der Waals surface area contributed by atoms with Crippen LogP contribution in [0.15, 0.2) is 18.3 Å². The normalized spacial score (nSPS) is 10.7. The number of hydrogen-bond acceptors (Lipinski definition) is 3. The topological polar surface area (TPSA) is 37.9 Å². The Hall–Kier alpha value is -1.42. The van der Waals surface area contributed by atoms with Crippen LogP contribution in [0.4, 0.5) is 0 Å². The van der Waals surface area contributed by atoms with Crippen molar-refractivity contribution in [2.75, 3.05) is 12.9 Å². The van der Waals surface area contributed by atoms with Crippen molar-refractivity contribution in [1.29, 1.82) is 0 Å². The molecule has 0 atom stereocenters. The molecule has 0 unspecified atom stereocenters. The Morgan fingerprint density at radius 3 is 2.50 bits per heavy atom. The van der Waals surface area contributed by atoms with E-state index < -0.39 is 0 Å². The lowest BCUT2D eigenvalue weighted by molar-refractivity contribution is 0.408. The van der Waals surface area contributed by atoms with Gasteiger partial charge in [-0.1, -0.05) is 0 Å². The fourth-order valence-electron chi connectivity index (χ4n) is 2.17. The van der Waals surface area contributed by atoms with Gasteiger partial charge in [0.25, 0.3) is 0 Å². The average Bonchev–Trinajstić information content (AvgIpc) is 2.78. The molecule has 1 heterocycles. The molecule has 2 rings (SSSR count). The third kappa shape index (κ3) is 2.53. The van der Waals surface area contributed by atoms with Gasteiger partial charge in [0.15, 0.2) is 0 Å². The molecule has 0 amide bonds. The predicted molar refractivity (Wildman–Crippen MR) is 77.6 cm³/mol. The minimum absolute atomic E-state index is 0.799. The zero-order valence-electron chi connectivity index (χ0n) is 10.9. The minimum Gasteiger partial charge on any atom is -0.496 e. The van der Waals surface area contributed by atoms with Gasteiger partial charge < -0.3 is 9.72 Å². The lowest BCUT2D eigenvalue weighted by Crippen LogP contribution is -1.92. The molecule has 18 heavy (non-hydrogen) atoms. The maximum Gasteiger partial charge on any atom is 0.124 e. The second kappa shape index (κ2) is 5.48. The number of rotatable bonds is 4. The SMILES string of the molecule is COc1c(C)cc(-c2cnc(CCS)[nH]2)cc1C. The number of nitrogens with zero attached hydrogens (tertiary/aromatic N) is 1. The number of ether oxygens (including phenoxy) is 1. The second-order valence-electron chi connectivity index (χ2n) is 4.36. The van der Waals surface area contributed by atoms with Crippen molar-refractivity contribution in [2.24, 2.45) is 0 Å². The fourth-order valence-corrected chi connectivity index (χ4v) is 2.38. The van der Waals surface area contributed by atoms with E-state index in [0.29, 0.717) is 0 Å². The summed E-state index contributed by atoms with van der Waals surface area (Å²) in [6, 6.07) is 4.23. The molecule has 0 aliphatic heterocycles. The first kappa shape index (κ1) is 13.0. The first-order valence-electron chi connectivity index (χ1n) is 5.96. The van der Waals surface area contributed by atoms with Gasteiger partial charge in [0, 0.05) is 12.0 Å². The fraction of sp³-hybridized carbons (Fsp3) is 0.357.